The van der Waals surface area contributed by atoms with Crippen LogP contribution in [0.4, 0.5) is 8.78 Å². The Morgan fingerprint density at radius 1 is 1.14 bits per heavy atom. The zero-order chi connectivity index (χ0) is 10.0. The van der Waals surface area contributed by atoms with Crippen LogP contribution in [0.1, 0.15) is 19.3 Å². The van der Waals surface area contributed by atoms with Crippen molar-refractivity contribution in [3.63, 3.8) is 0 Å². The highest BCUT2D eigenvalue weighted by Crippen LogP contribution is 2.40. The topological polar surface area (TPSA) is 12.0 Å². The van der Waals surface area contributed by atoms with Crippen molar-refractivity contribution < 1.29 is 8.78 Å². The highest BCUT2D eigenvalue weighted by atomic mass is 32.2. The lowest BCUT2D eigenvalue weighted by molar-refractivity contribution is -0.0960. The van der Waals surface area contributed by atoms with Crippen molar-refractivity contribution in [2.75, 3.05) is 24.6 Å². The van der Waals surface area contributed by atoms with Crippen LogP contribution in [0.2, 0.25) is 0 Å². The molecule has 2 rings (SSSR count). The fraction of sp³-hybridized carbons (Fsp3) is 1.00. The predicted octanol–water partition coefficient (Wildman–Crippen LogP) is 2.37. The molecule has 1 N–H and O–H groups in total. The van der Waals surface area contributed by atoms with Crippen molar-refractivity contribution in [1.82, 2.24) is 5.32 Å². The van der Waals surface area contributed by atoms with Crippen LogP contribution in [0, 0.1) is 11.8 Å². The van der Waals surface area contributed by atoms with E-state index in [9.17, 15) is 8.78 Å². The van der Waals surface area contributed by atoms with Crippen LogP contribution < -0.4 is 5.32 Å². The highest BCUT2D eigenvalue weighted by Gasteiger charge is 2.45. The molecule has 0 aromatic heterocycles. The third-order valence-corrected chi connectivity index (χ3v) is 4.42. The average molecular weight is 221 g/mol. The van der Waals surface area contributed by atoms with Gasteiger partial charge < -0.3 is 5.32 Å². The Morgan fingerprint density at radius 2 is 1.86 bits per heavy atom. The zero-order valence-electron chi connectivity index (χ0n) is 8.27. The molecule has 4 heteroatoms. The molecule has 0 aliphatic carbocycles. The summed E-state index contributed by atoms with van der Waals surface area (Å²) in [5, 5.41) is 2.79. The summed E-state index contributed by atoms with van der Waals surface area (Å²) in [6.07, 6.45) is 2.64. The fourth-order valence-corrected chi connectivity index (χ4v) is 3.70. The number of halogens is 2. The van der Waals surface area contributed by atoms with Gasteiger partial charge in [0.05, 0.1) is 6.54 Å². The van der Waals surface area contributed by atoms with Crippen LogP contribution in [-0.2, 0) is 0 Å². The summed E-state index contributed by atoms with van der Waals surface area (Å²) in [6, 6.07) is 0. The van der Waals surface area contributed by atoms with Gasteiger partial charge in [0.25, 0.3) is 5.92 Å². The third kappa shape index (κ3) is 2.22. The molecule has 2 heterocycles. The Labute approximate surface area is 88.0 Å². The monoisotopic (exact) mass is 221 g/mol. The maximum atomic E-state index is 13.6. The van der Waals surface area contributed by atoms with Crippen LogP contribution >= 0.6 is 11.8 Å². The lowest BCUT2D eigenvalue weighted by Crippen LogP contribution is -2.49. The summed E-state index contributed by atoms with van der Waals surface area (Å²) < 4.78 is 27.2. The van der Waals surface area contributed by atoms with Crippen LogP contribution in [0.25, 0.3) is 0 Å². The quantitative estimate of drug-likeness (QED) is 0.729. The molecule has 1 atom stereocenters. The predicted molar refractivity (Wildman–Crippen MR) is 56.0 cm³/mol. The Balaban J connectivity index is 1.99. The van der Waals surface area contributed by atoms with Gasteiger partial charge in [-0.25, -0.2) is 8.78 Å². The number of rotatable bonds is 1. The average Bonchev–Trinajstić information content (AvgIpc) is 2.18. The van der Waals surface area contributed by atoms with Gasteiger partial charge in [0, 0.05) is 5.92 Å². The first kappa shape index (κ1) is 10.7. The van der Waals surface area contributed by atoms with Gasteiger partial charge >= 0.3 is 0 Å². The molecule has 0 amide bonds. The summed E-state index contributed by atoms with van der Waals surface area (Å²) >= 11 is 1.90. The molecular weight excluding hydrogens is 204 g/mol. The molecule has 0 saturated carbocycles. The molecule has 2 aliphatic rings. The molecule has 1 nitrogen and oxygen atoms in total. The molecule has 0 spiro atoms. The zero-order valence-corrected chi connectivity index (χ0v) is 9.09. The molecule has 2 saturated heterocycles. The van der Waals surface area contributed by atoms with E-state index in [1.165, 1.54) is 0 Å². The maximum absolute atomic E-state index is 13.6. The van der Waals surface area contributed by atoms with Gasteiger partial charge in [-0.05, 0) is 43.2 Å². The molecule has 14 heavy (non-hydrogen) atoms. The Hall–Kier alpha value is 0.170. The van der Waals surface area contributed by atoms with Gasteiger partial charge in [-0.1, -0.05) is 0 Å². The summed E-state index contributed by atoms with van der Waals surface area (Å²) in [4.78, 5) is 0. The van der Waals surface area contributed by atoms with E-state index in [1.54, 1.807) is 0 Å². The van der Waals surface area contributed by atoms with E-state index in [0.717, 1.165) is 30.9 Å². The van der Waals surface area contributed by atoms with Crippen LogP contribution in [-0.4, -0.2) is 30.5 Å². The number of hydrogen-bond acceptors (Lipinski definition) is 2. The standard InChI is InChI=1S/C10H17F2NS/c11-10(12)7-13-4-1-9(10)8-2-5-14-6-3-8/h8-9,13H,1-7H2. The second-order valence-electron chi connectivity index (χ2n) is 4.28. The van der Waals surface area contributed by atoms with E-state index in [4.69, 9.17) is 0 Å². The van der Waals surface area contributed by atoms with Gasteiger partial charge in [0.15, 0.2) is 0 Å². The van der Waals surface area contributed by atoms with E-state index in [1.807, 2.05) is 11.8 Å². The summed E-state index contributed by atoms with van der Waals surface area (Å²) in [7, 11) is 0. The van der Waals surface area contributed by atoms with Gasteiger partial charge in [0.1, 0.15) is 0 Å². The molecule has 1 unspecified atom stereocenters. The van der Waals surface area contributed by atoms with Crippen LogP contribution in [0.15, 0.2) is 0 Å². The van der Waals surface area contributed by atoms with Gasteiger partial charge in [0.2, 0.25) is 0 Å². The van der Waals surface area contributed by atoms with E-state index in [0.29, 0.717) is 6.42 Å². The van der Waals surface area contributed by atoms with E-state index in [-0.39, 0.29) is 18.4 Å². The van der Waals surface area contributed by atoms with Crippen molar-refractivity contribution >= 4 is 11.8 Å². The summed E-state index contributed by atoms with van der Waals surface area (Å²) in [5.41, 5.74) is 0. The second kappa shape index (κ2) is 4.35. The molecule has 0 aromatic carbocycles. The second-order valence-corrected chi connectivity index (χ2v) is 5.51. The van der Waals surface area contributed by atoms with E-state index in [2.05, 4.69) is 5.32 Å². The highest BCUT2D eigenvalue weighted by molar-refractivity contribution is 7.99. The van der Waals surface area contributed by atoms with E-state index >= 15 is 0 Å². The van der Waals surface area contributed by atoms with Crippen LogP contribution in [0.3, 0.4) is 0 Å². The minimum Gasteiger partial charge on any atom is -0.311 e. The number of nitrogens with one attached hydrogen (secondary N) is 1. The molecule has 2 fully saturated rings. The lowest BCUT2D eigenvalue weighted by atomic mass is 9.79. The SMILES string of the molecule is FC1(F)CNCCC1C1CCSCC1. The first-order valence-corrected chi connectivity index (χ1v) is 6.52. The van der Waals surface area contributed by atoms with Gasteiger partial charge in [-0.2, -0.15) is 11.8 Å². The Kier molecular flexibility index (Phi) is 3.32. The number of piperidine rings is 1. The number of thioether (sulfide) groups is 1. The van der Waals surface area contributed by atoms with Gasteiger partial charge in [-0.3, -0.25) is 0 Å². The smallest absolute Gasteiger partial charge is 0.263 e. The minimum atomic E-state index is -2.47. The largest absolute Gasteiger partial charge is 0.311 e. The molecule has 0 aromatic rings. The molecule has 0 bridgehead atoms. The number of hydrogen-bond donors (Lipinski definition) is 1. The first-order valence-electron chi connectivity index (χ1n) is 5.36. The molecular formula is C10H17F2NS. The number of alkyl halides is 2. The molecule has 0 radical (unpaired) electrons. The fourth-order valence-electron chi connectivity index (χ4n) is 2.55. The Morgan fingerprint density at radius 3 is 2.50 bits per heavy atom. The van der Waals surface area contributed by atoms with Crippen molar-refractivity contribution in [2.24, 2.45) is 11.8 Å². The van der Waals surface area contributed by atoms with Crippen molar-refractivity contribution in [1.29, 1.82) is 0 Å². The molecule has 82 valence electrons. The Bertz CT molecular complexity index is 193. The first-order chi connectivity index (χ1) is 6.70. The van der Waals surface area contributed by atoms with Crippen molar-refractivity contribution in [2.45, 2.75) is 25.2 Å². The third-order valence-electron chi connectivity index (χ3n) is 3.37. The normalized spacial score (nSPS) is 34.3. The lowest BCUT2D eigenvalue weighted by Gasteiger charge is -2.38. The van der Waals surface area contributed by atoms with Crippen molar-refractivity contribution in [3.05, 3.63) is 0 Å². The summed E-state index contributed by atoms with van der Waals surface area (Å²) in [6.45, 7) is 0.658. The van der Waals surface area contributed by atoms with Crippen LogP contribution in [0.5, 0.6) is 0 Å². The van der Waals surface area contributed by atoms with Gasteiger partial charge in [-0.15, -0.1) is 0 Å². The molecule has 2 aliphatic heterocycles. The van der Waals surface area contributed by atoms with E-state index < -0.39 is 5.92 Å². The minimum absolute atomic E-state index is 0.110. The summed E-state index contributed by atoms with van der Waals surface area (Å²) in [5.74, 6) is -0.404. The maximum Gasteiger partial charge on any atom is 0.263 e. The van der Waals surface area contributed by atoms with Crippen molar-refractivity contribution in [3.8, 4) is 0 Å².